The van der Waals surface area contributed by atoms with E-state index < -0.39 is 11.8 Å². The van der Waals surface area contributed by atoms with Gasteiger partial charge in [-0.2, -0.15) is 5.10 Å². The van der Waals surface area contributed by atoms with E-state index in [1.807, 2.05) is 31.2 Å². The van der Waals surface area contributed by atoms with Crippen molar-refractivity contribution in [1.82, 2.24) is 5.43 Å². The smallest absolute Gasteiger partial charge is 0.273 e. The molecule has 2 amide bonds. The van der Waals surface area contributed by atoms with Gasteiger partial charge in [0.25, 0.3) is 11.8 Å². The first-order chi connectivity index (χ1) is 13.9. The number of hydrogen-bond acceptors (Lipinski definition) is 3. The summed E-state index contributed by atoms with van der Waals surface area (Å²) in [4.78, 5) is 25.1. The topological polar surface area (TPSA) is 70.6 Å². The van der Waals surface area contributed by atoms with Crippen LogP contribution < -0.4 is 10.7 Å². The first-order valence-electron chi connectivity index (χ1n) is 8.69. The van der Waals surface area contributed by atoms with Gasteiger partial charge in [-0.15, -0.1) is 0 Å². The van der Waals surface area contributed by atoms with Crippen LogP contribution in [0.4, 0.5) is 5.69 Å². The number of nitrogens with zero attached hydrogens (tertiary/aromatic N) is 1. The molecule has 0 unspecified atom stereocenters. The summed E-state index contributed by atoms with van der Waals surface area (Å²) in [5.41, 5.74) is 5.33. The molecule has 0 spiro atoms. The van der Waals surface area contributed by atoms with E-state index >= 15 is 0 Å². The number of benzene rings is 3. The summed E-state index contributed by atoms with van der Waals surface area (Å²) in [5.74, 6) is -0.901. The molecule has 7 heteroatoms. The Morgan fingerprint density at radius 2 is 1.62 bits per heavy atom. The lowest BCUT2D eigenvalue weighted by atomic mass is 10.1. The lowest BCUT2D eigenvalue weighted by molar-refractivity contribution is 0.0956. The lowest BCUT2D eigenvalue weighted by Gasteiger charge is -2.11. The fraction of sp³-hybridized carbons (Fsp3) is 0.0455. The largest absolute Gasteiger partial charge is 0.321 e. The van der Waals surface area contributed by atoms with Gasteiger partial charge in [0.15, 0.2) is 0 Å². The third-order valence-corrected chi connectivity index (χ3v) is 4.60. The third-order valence-electron chi connectivity index (χ3n) is 4.05. The van der Waals surface area contributed by atoms with Gasteiger partial charge in [-0.05, 0) is 42.8 Å². The maximum atomic E-state index is 12.5. The van der Waals surface area contributed by atoms with Crippen LogP contribution in [0.15, 0.2) is 71.8 Å². The second-order valence-corrected chi connectivity index (χ2v) is 7.08. The normalized spacial score (nSPS) is 10.7. The zero-order valence-electron chi connectivity index (χ0n) is 15.4. The summed E-state index contributed by atoms with van der Waals surface area (Å²) >= 11 is 12.0. The zero-order valence-corrected chi connectivity index (χ0v) is 17.0. The molecule has 0 atom stereocenters. The van der Waals surface area contributed by atoms with E-state index in [-0.39, 0.29) is 16.1 Å². The monoisotopic (exact) mass is 425 g/mol. The number of amides is 2. The predicted molar refractivity (Wildman–Crippen MR) is 117 cm³/mol. The Balaban J connectivity index is 1.73. The van der Waals surface area contributed by atoms with Crippen molar-refractivity contribution in [3.63, 3.8) is 0 Å². The first kappa shape index (κ1) is 20.6. The Hall–Kier alpha value is -3.15. The molecule has 0 aromatic heterocycles. The second kappa shape index (κ2) is 9.37. The number of aryl methyl sites for hydroxylation is 1. The Morgan fingerprint density at radius 1 is 0.897 bits per heavy atom. The maximum absolute atomic E-state index is 12.5. The van der Waals surface area contributed by atoms with Crippen LogP contribution in [0.1, 0.15) is 31.8 Å². The molecule has 0 aliphatic heterocycles. The van der Waals surface area contributed by atoms with E-state index in [0.717, 1.165) is 11.1 Å². The number of hydrogen-bond donors (Lipinski definition) is 2. The van der Waals surface area contributed by atoms with Crippen LogP contribution in [-0.2, 0) is 0 Å². The number of anilines is 1. The highest BCUT2D eigenvalue weighted by Crippen LogP contribution is 2.23. The Labute approximate surface area is 178 Å². The minimum absolute atomic E-state index is 0.222. The van der Waals surface area contributed by atoms with Crippen molar-refractivity contribution in [2.24, 2.45) is 5.10 Å². The van der Waals surface area contributed by atoms with Crippen molar-refractivity contribution in [2.75, 3.05) is 5.32 Å². The van der Waals surface area contributed by atoms with E-state index in [1.165, 1.54) is 12.1 Å². The molecule has 3 aromatic rings. The molecule has 0 aliphatic carbocycles. The number of carbonyl (C=O) groups is 2. The first-order valence-corrected chi connectivity index (χ1v) is 9.45. The van der Waals surface area contributed by atoms with Crippen LogP contribution in [0, 0.1) is 6.92 Å². The molecule has 3 aromatic carbocycles. The van der Waals surface area contributed by atoms with Crippen LogP contribution in [0.3, 0.4) is 0 Å². The lowest BCUT2D eigenvalue weighted by Crippen LogP contribution is -2.21. The molecule has 0 heterocycles. The third kappa shape index (κ3) is 5.44. The van der Waals surface area contributed by atoms with Crippen molar-refractivity contribution in [3.8, 4) is 0 Å². The zero-order chi connectivity index (χ0) is 20.8. The summed E-state index contributed by atoms with van der Waals surface area (Å²) in [7, 11) is 0. The van der Waals surface area contributed by atoms with Gasteiger partial charge in [0.1, 0.15) is 0 Å². The van der Waals surface area contributed by atoms with E-state index in [1.54, 1.807) is 36.5 Å². The summed E-state index contributed by atoms with van der Waals surface area (Å²) < 4.78 is 0. The molecule has 146 valence electrons. The Bertz CT molecular complexity index is 1080. The van der Waals surface area contributed by atoms with E-state index in [9.17, 15) is 9.59 Å². The van der Waals surface area contributed by atoms with Gasteiger partial charge in [0, 0.05) is 5.02 Å². The van der Waals surface area contributed by atoms with Crippen molar-refractivity contribution >= 4 is 46.9 Å². The van der Waals surface area contributed by atoms with Gasteiger partial charge >= 0.3 is 0 Å². The molecular formula is C22H17Cl2N3O2. The number of nitrogens with one attached hydrogen (secondary N) is 2. The number of carbonyl (C=O) groups excluding carboxylic acids is 2. The quantitative estimate of drug-likeness (QED) is 0.428. The van der Waals surface area contributed by atoms with Gasteiger partial charge in [-0.3, -0.25) is 9.59 Å². The van der Waals surface area contributed by atoms with Crippen LogP contribution in [0.2, 0.25) is 10.0 Å². The molecule has 5 nitrogen and oxygen atoms in total. The minimum Gasteiger partial charge on any atom is -0.321 e. The molecule has 0 fully saturated rings. The SMILES string of the molecule is Cc1ccc(/C=N\NC(=O)c2ccccc2NC(=O)c2ccc(Cl)cc2Cl)cc1. The molecule has 3 rings (SSSR count). The molecule has 0 bridgehead atoms. The second-order valence-electron chi connectivity index (χ2n) is 6.23. The molecule has 0 aliphatic rings. The summed E-state index contributed by atoms with van der Waals surface area (Å²) in [6, 6.07) is 18.9. The summed E-state index contributed by atoms with van der Waals surface area (Å²) in [6.45, 7) is 1.99. The van der Waals surface area contributed by atoms with Crippen molar-refractivity contribution in [2.45, 2.75) is 6.92 Å². The maximum Gasteiger partial charge on any atom is 0.273 e. The Morgan fingerprint density at radius 3 is 2.34 bits per heavy atom. The number of para-hydroxylation sites is 1. The standard InChI is InChI=1S/C22H17Cl2N3O2/c1-14-6-8-15(9-7-14)13-25-27-22(29)18-4-2-3-5-20(18)26-21(28)17-11-10-16(23)12-19(17)24/h2-13H,1H3,(H,26,28)(H,27,29)/b25-13-. The van der Waals surface area contributed by atoms with Crippen molar-refractivity contribution in [1.29, 1.82) is 0 Å². The highest BCUT2D eigenvalue weighted by Gasteiger charge is 2.15. The molecule has 0 radical (unpaired) electrons. The summed E-state index contributed by atoms with van der Waals surface area (Å²) in [6.07, 6.45) is 1.55. The molecule has 29 heavy (non-hydrogen) atoms. The summed E-state index contributed by atoms with van der Waals surface area (Å²) in [5, 5.41) is 7.33. The van der Waals surface area contributed by atoms with Crippen molar-refractivity contribution in [3.05, 3.63) is 99.0 Å². The molecule has 0 saturated carbocycles. The molecular weight excluding hydrogens is 409 g/mol. The molecule has 2 N–H and O–H groups in total. The van der Waals surface area contributed by atoms with Gasteiger partial charge in [-0.25, -0.2) is 5.43 Å². The van der Waals surface area contributed by atoms with Gasteiger partial charge in [-0.1, -0.05) is 65.2 Å². The minimum atomic E-state index is -0.452. The van der Waals surface area contributed by atoms with Crippen LogP contribution in [-0.4, -0.2) is 18.0 Å². The molecule has 0 saturated heterocycles. The highest BCUT2D eigenvalue weighted by molar-refractivity contribution is 6.37. The van der Waals surface area contributed by atoms with Gasteiger partial charge < -0.3 is 5.32 Å². The van der Waals surface area contributed by atoms with E-state index in [0.29, 0.717) is 10.7 Å². The predicted octanol–water partition coefficient (Wildman–Crippen LogP) is 5.32. The van der Waals surface area contributed by atoms with Crippen LogP contribution in [0.5, 0.6) is 0 Å². The highest BCUT2D eigenvalue weighted by atomic mass is 35.5. The van der Waals surface area contributed by atoms with Crippen LogP contribution >= 0.6 is 23.2 Å². The number of halogens is 2. The van der Waals surface area contributed by atoms with Gasteiger partial charge in [0.05, 0.1) is 28.1 Å². The average Bonchev–Trinajstić information content (AvgIpc) is 2.69. The van der Waals surface area contributed by atoms with E-state index in [4.69, 9.17) is 23.2 Å². The fourth-order valence-corrected chi connectivity index (χ4v) is 3.03. The van der Waals surface area contributed by atoms with Crippen molar-refractivity contribution < 1.29 is 9.59 Å². The number of rotatable bonds is 5. The fourth-order valence-electron chi connectivity index (χ4n) is 2.53. The average molecular weight is 426 g/mol. The number of hydrazone groups is 1. The Kier molecular flexibility index (Phi) is 6.65. The van der Waals surface area contributed by atoms with Crippen LogP contribution in [0.25, 0.3) is 0 Å². The van der Waals surface area contributed by atoms with Gasteiger partial charge in [0.2, 0.25) is 0 Å². The van der Waals surface area contributed by atoms with E-state index in [2.05, 4.69) is 15.8 Å².